The van der Waals surface area contributed by atoms with Crippen LogP contribution in [-0.4, -0.2) is 31.1 Å². The number of allylic oxidation sites excluding steroid dienone is 1. The molecule has 5 nitrogen and oxygen atoms in total. The van der Waals surface area contributed by atoms with E-state index < -0.39 is 23.9 Å². The Morgan fingerprint density at radius 3 is 2.71 bits per heavy atom. The zero-order chi connectivity index (χ0) is 15.7. The van der Waals surface area contributed by atoms with Gasteiger partial charge in [-0.2, -0.15) is 0 Å². The summed E-state index contributed by atoms with van der Waals surface area (Å²) in [6.07, 6.45) is 0. The first kappa shape index (κ1) is 15.5. The normalized spacial score (nSPS) is 18.6. The van der Waals surface area contributed by atoms with Crippen LogP contribution in [0.25, 0.3) is 0 Å². The second-order valence-electron chi connectivity index (χ2n) is 4.60. The van der Waals surface area contributed by atoms with Gasteiger partial charge in [-0.25, -0.2) is 14.0 Å². The molecule has 0 saturated heterocycles. The summed E-state index contributed by atoms with van der Waals surface area (Å²) in [5, 5.41) is 2.61. The maximum absolute atomic E-state index is 14.2. The van der Waals surface area contributed by atoms with E-state index in [1.807, 2.05) is 0 Å². The third kappa shape index (κ3) is 2.78. The highest BCUT2D eigenvalue weighted by Gasteiger charge is 2.35. The van der Waals surface area contributed by atoms with Gasteiger partial charge in [0.15, 0.2) is 0 Å². The second kappa shape index (κ2) is 5.85. The molecule has 0 fully saturated rings. The molecule has 0 aliphatic carbocycles. The summed E-state index contributed by atoms with van der Waals surface area (Å²) in [6.45, 7) is 1.62. The second-order valence-corrected chi connectivity index (χ2v) is 5.51. The van der Waals surface area contributed by atoms with Gasteiger partial charge in [-0.1, -0.05) is 22.0 Å². The Hall–Kier alpha value is -1.89. The fourth-order valence-corrected chi connectivity index (χ4v) is 2.51. The van der Waals surface area contributed by atoms with E-state index >= 15 is 0 Å². The molecule has 0 aromatic heterocycles. The van der Waals surface area contributed by atoms with E-state index in [4.69, 9.17) is 4.74 Å². The molecule has 112 valence electrons. The van der Waals surface area contributed by atoms with Gasteiger partial charge in [0.1, 0.15) is 5.82 Å². The fraction of sp³-hybridized carbons (Fsp3) is 0.286. The van der Waals surface area contributed by atoms with E-state index in [1.54, 1.807) is 13.0 Å². The number of carbonyl (C=O) groups excluding carboxylic acids is 2. The first-order valence-electron chi connectivity index (χ1n) is 6.15. The number of carbonyl (C=O) groups is 2. The highest BCUT2D eigenvalue weighted by atomic mass is 79.9. The summed E-state index contributed by atoms with van der Waals surface area (Å²) in [4.78, 5) is 25.2. The number of rotatable bonds is 2. The maximum Gasteiger partial charge on any atom is 0.337 e. The molecule has 1 aliphatic rings. The van der Waals surface area contributed by atoms with Crippen LogP contribution in [0.4, 0.5) is 9.18 Å². The fourth-order valence-electron chi connectivity index (χ4n) is 2.18. The molecule has 1 aliphatic heterocycles. The lowest BCUT2D eigenvalue weighted by molar-refractivity contribution is -0.136. The lowest BCUT2D eigenvalue weighted by Gasteiger charge is -2.33. The molecule has 21 heavy (non-hydrogen) atoms. The topological polar surface area (TPSA) is 58.6 Å². The molecule has 7 heteroatoms. The highest BCUT2D eigenvalue weighted by Crippen LogP contribution is 2.32. The average molecular weight is 357 g/mol. The van der Waals surface area contributed by atoms with Gasteiger partial charge in [-0.15, -0.1) is 0 Å². The Morgan fingerprint density at radius 1 is 1.48 bits per heavy atom. The van der Waals surface area contributed by atoms with Crippen LogP contribution in [0.15, 0.2) is 33.9 Å². The van der Waals surface area contributed by atoms with Gasteiger partial charge < -0.3 is 15.0 Å². The molecule has 0 unspecified atom stereocenters. The van der Waals surface area contributed by atoms with Crippen LogP contribution >= 0.6 is 15.9 Å². The predicted molar refractivity (Wildman–Crippen MR) is 77.9 cm³/mol. The van der Waals surface area contributed by atoms with Gasteiger partial charge in [-0.05, 0) is 19.1 Å². The van der Waals surface area contributed by atoms with Gasteiger partial charge >= 0.3 is 12.0 Å². The van der Waals surface area contributed by atoms with Crippen LogP contribution in [0, 0.1) is 5.82 Å². The summed E-state index contributed by atoms with van der Waals surface area (Å²) >= 11 is 3.17. The van der Waals surface area contributed by atoms with Crippen LogP contribution in [0.5, 0.6) is 0 Å². The third-order valence-electron chi connectivity index (χ3n) is 3.43. The van der Waals surface area contributed by atoms with Crippen molar-refractivity contribution >= 4 is 27.9 Å². The van der Waals surface area contributed by atoms with Crippen molar-refractivity contribution in [2.75, 3.05) is 14.2 Å². The lowest BCUT2D eigenvalue weighted by Crippen LogP contribution is -2.46. The molecule has 1 N–H and O–H groups in total. The molecule has 2 amide bonds. The summed E-state index contributed by atoms with van der Waals surface area (Å²) in [5.74, 6) is -1.12. The van der Waals surface area contributed by atoms with E-state index in [-0.39, 0.29) is 11.1 Å². The van der Waals surface area contributed by atoms with Crippen LogP contribution in [0.3, 0.4) is 0 Å². The van der Waals surface area contributed by atoms with Gasteiger partial charge in [0.25, 0.3) is 0 Å². The van der Waals surface area contributed by atoms with Gasteiger partial charge in [0.05, 0.1) is 18.7 Å². The van der Waals surface area contributed by atoms with Crippen LogP contribution in [0.2, 0.25) is 0 Å². The average Bonchev–Trinajstić information content (AvgIpc) is 2.44. The Morgan fingerprint density at radius 2 is 2.14 bits per heavy atom. The lowest BCUT2D eigenvalue weighted by atomic mass is 9.94. The van der Waals surface area contributed by atoms with Crippen molar-refractivity contribution in [2.45, 2.75) is 13.0 Å². The Bertz CT molecular complexity index is 645. The molecule has 0 radical (unpaired) electrons. The number of ether oxygens (including phenoxy) is 1. The summed E-state index contributed by atoms with van der Waals surface area (Å²) in [5.41, 5.74) is 0.846. The number of methoxy groups -OCH3 is 1. The van der Waals surface area contributed by atoms with E-state index in [0.717, 1.165) is 0 Å². The number of urea groups is 1. The molecular weight excluding hydrogens is 343 g/mol. The van der Waals surface area contributed by atoms with Gasteiger partial charge in [-0.3, -0.25) is 0 Å². The zero-order valence-corrected chi connectivity index (χ0v) is 13.3. The number of nitrogens with zero attached hydrogens (tertiary/aromatic N) is 1. The standard InChI is InChI=1S/C14H14BrFN2O3/c1-7-11(13(19)21-3)12(17-14(20)18(7)2)9-5-4-8(15)6-10(9)16/h4-6,12H,1-3H3,(H,17,20)/t12-/m0/s1. The molecule has 1 aromatic carbocycles. The Kier molecular flexibility index (Phi) is 4.32. The van der Waals surface area contributed by atoms with Crippen molar-refractivity contribution in [1.29, 1.82) is 0 Å². The van der Waals surface area contributed by atoms with Crippen molar-refractivity contribution in [1.82, 2.24) is 10.2 Å². The molecule has 1 atom stereocenters. The highest BCUT2D eigenvalue weighted by molar-refractivity contribution is 9.10. The van der Waals surface area contributed by atoms with Crippen molar-refractivity contribution in [3.63, 3.8) is 0 Å². The van der Waals surface area contributed by atoms with E-state index in [9.17, 15) is 14.0 Å². The summed E-state index contributed by atoms with van der Waals surface area (Å²) in [6, 6.07) is 3.16. The maximum atomic E-state index is 14.2. The van der Waals surface area contributed by atoms with Crippen molar-refractivity contribution in [3.05, 3.63) is 45.3 Å². The van der Waals surface area contributed by atoms with Crippen LogP contribution in [-0.2, 0) is 9.53 Å². The minimum Gasteiger partial charge on any atom is -0.466 e. The molecule has 0 saturated carbocycles. The number of halogens is 2. The molecular formula is C14H14BrFN2O3. The van der Waals surface area contributed by atoms with E-state index in [2.05, 4.69) is 21.2 Å². The number of benzene rings is 1. The number of esters is 1. The summed E-state index contributed by atoms with van der Waals surface area (Å²) in [7, 11) is 2.77. The Balaban J connectivity index is 2.59. The molecule has 2 rings (SSSR count). The molecule has 1 aromatic rings. The summed E-state index contributed by atoms with van der Waals surface area (Å²) < 4.78 is 19.5. The molecule has 0 spiro atoms. The zero-order valence-electron chi connectivity index (χ0n) is 11.7. The van der Waals surface area contributed by atoms with E-state index in [1.165, 1.54) is 31.2 Å². The van der Waals surface area contributed by atoms with Crippen molar-refractivity contribution in [3.8, 4) is 0 Å². The van der Waals surface area contributed by atoms with Crippen LogP contribution < -0.4 is 5.32 Å². The minimum absolute atomic E-state index is 0.208. The van der Waals surface area contributed by atoms with Crippen LogP contribution in [0.1, 0.15) is 18.5 Å². The molecule has 0 bridgehead atoms. The minimum atomic E-state index is -0.880. The quantitative estimate of drug-likeness (QED) is 0.828. The Labute approximate surface area is 129 Å². The molecule has 1 heterocycles. The monoisotopic (exact) mass is 356 g/mol. The first-order valence-corrected chi connectivity index (χ1v) is 6.94. The predicted octanol–water partition coefficient (Wildman–Crippen LogP) is 2.73. The van der Waals surface area contributed by atoms with Gasteiger partial charge in [0.2, 0.25) is 0 Å². The smallest absolute Gasteiger partial charge is 0.337 e. The largest absolute Gasteiger partial charge is 0.466 e. The first-order chi connectivity index (χ1) is 9.86. The third-order valence-corrected chi connectivity index (χ3v) is 3.93. The number of nitrogens with one attached hydrogen (secondary N) is 1. The number of amides is 2. The van der Waals surface area contributed by atoms with E-state index in [0.29, 0.717) is 10.2 Å². The number of hydrogen-bond donors (Lipinski definition) is 1. The number of hydrogen-bond acceptors (Lipinski definition) is 3. The SMILES string of the molecule is COC(=O)C1=C(C)N(C)C(=O)N[C@H]1c1ccc(Br)cc1F. The van der Waals surface area contributed by atoms with Gasteiger partial charge in [0, 0.05) is 22.8 Å². The van der Waals surface area contributed by atoms with Crippen molar-refractivity contribution in [2.24, 2.45) is 0 Å². The van der Waals surface area contributed by atoms with Crippen molar-refractivity contribution < 1.29 is 18.7 Å².